The lowest BCUT2D eigenvalue weighted by Crippen LogP contribution is -2.39. The zero-order valence-electron chi connectivity index (χ0n) is 11.5. The molecule has 0 aliphatic carbocycles. The first-order valence-corrected chi connectivity index (χ1v) is 10.5. The zero-order chi connectivity index (χ0) is 13.9. The minimum Gasteiger partial charge on any atom is -0.305 e. The Kier molecular flexibility index (Phi) is 5.11. The Balaban J connectivity index is 3.00. The van der Waals surface area contributed by atoms with Crippen molar-refractivity contribution in [1.82, 2.24) is 0 Å². The number of hydrogen-bond donors (Lipinski definition) is 0. The number of rotatable bonds is 5. The van der Waals surface area contributed by atoms with E-state index in [-0.39, 0.29) is 11.8 Å². The lowest BCUT2D eigenvalue weighted by molar-refractivity contribution is -0.116. The molecule has 0 spiro atoms. The van der Waals surface area contributed by atoms with Crippen LogP contribution in [0.1, 0.15) is 18.4 Å². The number of carbonyl (C=O) groups excluding carboxylic acids is 1. The summed E-state index contributed by atoms with van der Waals surface area (Å²) in [6.45, 7) is 12.2. The van der Waals surface area contributed by atoms with Crippen LogP contribution in [0.25, 0.3) is 0 Å². The summed E-state index contributed by atoms with van der Waals surface area (Å²) in [7, 11) is -1.74. The van der Waals surface area contributed by atoms with Gasteiger partial charge in [-0.3, -0.25) is 0 Å². The molecule has 0 aromatic heterocycles. The van der Waals surface area contributed by atoms with Crippen molar-refractivity contribution in [1.29, 1.82) is 0 Å². The normalized spacial score (nSPS) is 14.9. The molecule has 0 fully saturated rings. The second-order valence-electron chi connectivity index (χ2n) is 5.72. The lowest BCUT2D eigenvalue weighted by atomic mass is 9.88. The molecule has 0 unspecified atom stereocenters. The maximum Gasteiger partial charge on any atom is 0.124 e. The minimum absolute atomic E-state index is 0.00958. The van der Waals surface area contributed by atoms with Crippen molar-refractivity contribution in [2.24, 2.45) is 5.92 Å². The van der Waals surface area contributed by atoms with Gasteiger partial charge in [0.2, 0.25) is 0 Å². The van der Waals surface area contributed by atoms with E-state index in [0.717, 1.165) is 10.0 Å². The summed E-state index contributed by atoms with van der Waals surface area (Å²) < 4.78 is 1.05. The fourth-order valence-electron chi connectivity index (χ4n) is 2.16. The number of allylic oxidation sites excluding steroid dienone is 1. The van der Waals surface area contributed by atoms with E-state index in [9.17, 15) is 4.79 Å². The fourth-order valence-corrected chi connectivity index (χ4v) is 3.97. The molecule has 1 aromatic rings. The van der Waals surface area contributed by atoms with E-state index >= 15 is 0 Å². The standard InChI is InChI=1S/C15H21BrOSi/c1-6-14(11(2)15(17)18(3,4)5)12-7-9-13(16)10-8-12/h6-11,14H,1H2,2-5H3/t11-,14-/m0/s1. The summed E-state index contributed by atoms with van der Waals surface area (Å²) in [6.07, 6.45) is 1.89. The Bertz CT molecular complexity index is 431. The number of carbonyl (C=O) groups is 1. The zero-order valence-corrected chi connectivity index (χ0v) is 14.1. The van der Waals surface area contributed by atoms with Gasteiger partial charge in [-0.05, 0) is 17.7 Å². The molecule has 3 heteroatoms. The molecular weight excluding hydrogens is 304 g/mol. The van der Waals surface area contributed by atoms with Crippen molar-refractivity contribution in [2.75, 3.05) is 0 Å². The second-order valence-corrected chi connectivity index (χ2v) is 11.6. The molecular formula is C15H21BrOSi. The average molecular weight is 325 g/mol. The molecule has 0 radical (unpaired) electrons. The van der Waals surface area contributed by atoms with E-state index in [4.69, 9.17) is 0 Å². The van der Waals surface area contributed by atoms with Crippen LogP contribution in [0.15, 0.2) is 41.4 Å². The molecule has 1 rings (SSSR count). The number of hydrogen-bond acceptors (Lipinski definition) is 1. The summed E-state index contributed by atoms with van der Waals surface area (Å²) in [4.78, 5) is 12.4. The van der Waals surface area contributed by atoms with Gasteiger partial charge in [0.25, 0.3) is 0 Å². The topological polar surface area (TPSA) is 17.1 Å². The largest absolute Gasteiger partial charge is 0.305 e. The molecule has 0 saturated heterocycles. The maximum absolute atomic E-state index is 12.4. The molecule has 0 N–H and O–H groups in total. The van der Waals surface area contributed by atoms with E-state index in [2.05, 4.69) is 54.3 Å². The van der Waals surface area contributed by atoms with Crippen LogP contribution in [0.5, 0.6) is 0 Å². The molecule has 0 aliphatic rings. The fraction of sp³-hybridized carbons (Fsp3) is 0.400. The van der Waals surface area contributed by atoms with Crippen LogP contribution in [0.2, 0.25) is 19.6 Å². The van der Waals surface area contributed by atoms with Gasteiger partial charge in [0.05, 0.1) is 0 Å². The Morgan fingerprint density at radius 3 is 2.17 bits per heavy atom. The van der Waals surface area contributed by atoms with Gasteiger partial charge in [-0.1, -0.05) is 60.7 Å². The summed E-state index contributed by atoms with van der Waals surface area (Å²) >= 11 is 3.43. The van der Waals surface area contributed by atoms with Gasteiger partial charge in [0.15, 0.2) is 0 Å². The molecule has 98 valence electrons. The van der Waals surface area contributed by atoms with Gasteiger partial charge in [0, 0.05) is 16.3 Å². The maximum atomic E-state index is 12.4. The lowest BCUT2D eigenvalue weighted by Gasteiger charge is -2.26. The van der Waals surface area contributed by atoms with Gasteiger partial charge in [0.1, 0.15) is 13.5 Å². The van der Waals surface area contributed by atoms with Crippen molar-refractivity contribution in [2.45, 2.75) is 32.5 Å². The van der Waals surface area contributed by atoms with E-state index in [0.29, 0.717) is 5.41 Å². The highest BCUT2D eigenvalue weighted by atomic mass is 79.9. The summed E-state index contributed by atoms with van der Waals surface area (Å²) in [6, 6.07) is 8.14. The van der Waals surface area contributed by atoms with E-state index in [1.165, 1.54) is 0 Å². The first-order chi connectivity index (χ1) is 8.27. The molecule has 0 aliphatic heterocycles. The Labute approximate surface area is 119 Å². The molecule has 0 heterocycles. The van der Waals surface area contributed by atoms with E-state index in [1.54, 1.807) is 0 Å². The Morgan fingerprint density at radius 1 is 1.28 bits per heavy atom. The summed E-state index contributed by atoms with van der Waals surface area (Å²) in [5.41, 5.74) is 1.16. The Morgan fingerprint density at radius 2 is 1.78 bits per heavy atom. The average Bonchev–Trinajstić information content (AvgIpc) is 2.30. The summed E-state index contributed by atoms with van der Waals surface area (Å²) in [5.74, 6) is 0.118. The van der Waals surface area contributed by atoms with Crippen LogP contribution in [0.3, 0.4) is 0 Å². The molecule has 18 heavy (non-hydrogen) atoms. The van der Waals surface area contributed by atoms with Gasteiger partial charge >= 0.3 is 0 Å². The van der Waals surface area contributed by atoms with Crippen LogP contribution >= 0.6 is 15.9 Å². The quantitative estimate of drug-likeness (QED) is 0.561. The SMILES string of the molecule is C=C[C@H](c1ccc(Br)cc1)[C@H](C)C(=O)[Si](C)(C)C. The van der Waals surface area contributed by atoms with E-state index in [1.807, 2.05) is 25.1 Å². The molecule has 1 nitrogen and oxygen atoms in total. The van der Waals surface area contributed by atoms with Crippen LogP contribution in [0.4, 0.5) is 0 Å². The third-order valence-corrected chi connectivity index (χ3v) is 5.66. The third-order valence-electron chi connectivity index (χ3n) is 3.20. The van der Waals surface area contributed by atoms with Crippen molar-refractivity contribution in [3.05, 3.63) is 47.0 Å². The van der Waals surface area contributed by atoms with Gasteiger partial charge in [-0.15, -0.1) is 6.58 Å². The highest BCUT2D eigenvalue weighted by Gasteiger charge is 2.32. The van der Waals surface area contributed by atoms with Crippen LogP contribution in [-0.4, -0.2) is 13.5 Å². The predicted octanol–water partition coefficient (Wildman–Crippen LogP) is 4.80. The molecule has 2 atom stereocenters. The summed E-state index contributed by atoms with van der Waals surface area (Å²) in [5, 5.41) is 0.412. The van der Waals surface area contributed by atoms with Crippen molar-refractivity contribution in [3.8, 4) is 0 Å². The van der Waals surface area contributed by atoms with Crippen molar-refractivity contribution < 1.29 is 4.79 Å². The van der Waals surface area contributed by atoms with Crippen LogP contribution in [-0.2, 0) is 4.79 Å². The molecule has 1 aromatic carbocycles. The van der Waals surface area contributed by atoms with Crippen LogP contribution < -0.4 is 0 Å². The van der Waals surface area contributed by atoms with Gasteiger partial charge < -0.3 is 4.79 Å². The number of halogens is 1. The smallest absolute Gasteiger partial charge is 0.124 e. The first kappa shape index (κ1) is 15.4. The second kappa shape index (κ2) is 5.98. The molecule has 0 amide bonds. The molecule has 0 bridgehead atoms. The van der Waals surface area contributed by atoms with E-state index < -0.39 is 8.07 Å². The van der Waals surface area contributed by atoms with Crippen molar-refractivity contribution >= 4 is 29.4 Å². The highest BCUT2D eigenvalue weighted by Crippen LogP contribution is 2.29. The number of benzene rings is 1. The highest BCUT2D eigenvalue weighted by molar-refractivity contribution is 9.10. The van der Waals surface area contributed by atoms with Crippen molar-refractivity contribution in [3.63, 3.8) is 0 Å². The molecule has 0 saturated carbocycles. The Hall–Kier alpha value is -0.673. The predicted molar refractivity (Wildman–Crippen MR) is 84.6 cm³/mol. The van der Waals surface area contributed by atoms with Crippen LogP contribution in [0, 0.1) is 5.92 Å². The minimum atomic E-state index is -1.74. The van der Waals surface area contributed by atoms with Gasteiger partial charge in [-0.2, -0.15) is 0 Å². The third kappa shape index (κ3) is 3.66. The van der Waals surface area contributed by atoms with Gasteiger partial charge in [-0.25, -0.2) is 0 Å². The first-order valence-electron chi connectivity index (χ1n) is 6.19. The monoisotopic (exact) mass is 324 g/mol.